The van der Waals surface area contributed by atoms with Gasteiger partial charge in [0.25, 0.3) is 5.91 Å². The minimum absolute atomic E-state index is 0.0529. The highest BCUT2D eigenvalue weighted by Gasteiger charge is 2.27. The zero-order chi connectivity index (χ0) is 21.0. The predicted molar refractivity (Wildman–Crippen MR) is 110 cm³/mol. The molecule has 7 nitrogen and oxygen atoms in total. The number of nitrogens with one attached hydrogen (secondary N) is 1. The topological polar surface area (TPSA) is 98.5 Å². The van der Waals surface area contributed by atoms with E-state index in [1.54, 1.807) is 30.3 Å². The molecule has 1 atom stereocenters. The monoisotopic (exact) mass is 410 g/mol. The Hall–Kier alpha value is -3.52. The third kappa shape index (κ3) is 4.85. The summed E-state index contributed by atoms with van der Waals surface area (Å²) in [5.74, 6) is -1.31. The van der Waals surface area contributed by atoms with Crippen molar-refractivity contribution < 1.29 is 19.2 Å². The van der Waals surface area contributed by atoms with Crippen LogP contribution in [-0.2, 0) is 9.53 Å². The van der Waals surface area contributed by atoms with Crippen molar-refractivity contribution in [2.24, 2.45) is 0 Å². The number of hydrogen-bond acceptors (Lipinski definition) is 6. The number of amides is 1. The van der Waals surface area contributed by atoms with Gasteiger partial charge in [-0.05, 0) is 37.1 Å². The highest BCUT2D eigenvalue weighted by molar-refractivity contribution is 7.17. The zero-order valence-corrected chi connectivity index (χ0v) is 16.6. The molecule has 0 aliphatic heterocycles. The van der Waals surface area contributed by atoms with Crippen LogP contribution >= 0.6 is 11.3 Å². The molecule has 8 heteroatoms. The summed E-state index contributed by atoms with van der Waals surface area (Å²) in [6.45, 7) is 3.77. The molecular weight excluding hydrogens is 392 g/mol. The molecule has 3 aromatic rings. The van der Waals surface area contributed by atoms with Gasteiger partial charge in [-0.25, -0.2) is 4.79 Å². The van der Waals surface area contributed by atoms with Crippen LogP contribution in [0, 0.1) is 24.0 Å². The first-order valence-electron chi connectivity index (χ1n) is 8.73. The molecule has 0 saturated carbocycles. The number of aryl methyl sites for hydroxylation is 2. The number of thiophene rings is 1. The number of carbonyl (C=O) groups is 2. The Morgan fingerprint density at radius 3 is 2.45 bits per heavy atom. The number of rotatable bonds is 6. The molecule has 0 bridgehead atoms. The molecule has 2 aromatic carbocycles. The van der Waals surface area contributed by atoms with Crippen molar-refractivity contribution in [3.8, 4) is 0 Å². The second-order valence-corrected chi connectivity index (χ2v) is 7.46. The lowest BCUT2D eigenvalue weighted by Crippen LogP contribution is -2.26. The summed E-state index contributed by atoms with van der Waals surface area (Å²) in [6.07, 6.45) is -1.20. The highest BCUT2D eigenvalue weighted by atomic mass is 32.1. The van der Waals surface area contributed by atoms with Crippen LogP contribution in [0.15, 0.2) is 60.7 Å². The van der Waals surface area contributed by atoms with Gasteiger partial charge in [-0.1, -0.05) is 53.8 Å². The van der Waals surface area contributed by atoms with Gasteiger partial charge in [-0.3, -0.25) is 14.9 Å². The van der Waals surface area contributed by atoms with E-state index < -0.39 is 22.9 Å². The van der Waals surface area contributed by atoms with Gasteiger partial charge >= 0.3 is 11.0 Å². The van der Waals surface area contributed by atoms with E-state index in [-0.39, 0.29) is 9.88 Å². The minimum Gasteiger partial charge on any atom is -0.443 e. The third-order valence-electron chi connectivity index (χ3n) is 4.19. The van der Waals surface area contributed by atoms with Crippen LogP contribution in [0.1, 0.15) is 32.5 Å². The number of nitrogens with zero attached hydrogens (tertiary/aromatic N) is 1. The van der Waals surface area contributed by atoms with E-state index in [1.807, 2.05) is 32.0 Å². The van der Waals surface area contributed by atoms with E-state index in [0.717, 1.165) is 11.1 Å². The highest BCUT2D eigenvalue weighted by Crippen LogP contribution is 2.28. The Morgan fingerprint density at radius 1 is 1.07 bits per heavy atom. The Morgan fingerprint density at radius 2 is 1.79 bits per heavy atom. The lowest BCUT2D eigenvalue weighted by Gasteiger charge is -2.18. The fourth-order valence-electron chi connectivity index (χ4n) is 2.67. The van der Waals surface area contributed by atoms with E-state index in [2.05, 4.69) is 5.32 Å². The van der Waals surface area contributed by atoms with Crippen LogP contribution < -0.4 is 5.32 Å². The molecule has 148 valence electrons. The molecule has 0 unspecified atom stereocenters. The van der Waals surface area contributed by atoms with Crippen LogP contribution in [0.4, 0.5) is 10.7 Å². The van der Waals surface area contributed by atoms with Gasteiger partial charge in [0, 0.05) is 17.3 Å². The van der Waals surface area contributed by atoms with Gasteiger partial charge < -0.3 is 10.1 Å². The van der Waals surface area contributed by atoms with Gasteiger partial charge in [-0.15, -0.1) is 0 Å². The van der Waals surface area contributed by atoms with E-state index >= 15 is 0 Å². The molecule has 29 heavy (non-hydrogen) atoms. The van der Waals surface area contributed by atoms with Crippen LogP contribution in [-0.4, -0.2) is 16.8 Å². The summed E-state index contributed by atoms with van der Waals surface area (Å²) < 4.78 is 5.46. The predicted octanol–water partition coefficient (Wildman–Crippen LogP) is 4.81. The number of nitro groups is 1. The Bertz CT molecular complexity index is 1060. The van der Waals surface area contributed by atoms with Crippen molar-refractivity contribution in [1.29, 1.82) is 0 Å². The smallest absolute Gasteiger partial charge is 0.349 e. The SMILES string of the molecule is Cc1ccc(C)c(NC(=O)[C@@H](OC(=O)c2ccc([N+](=O)[O-])s2)c2ccccc2)c1. The van der Waals surface area contributed by atoms with Gasteiger partial charge in [0.1, 0.15) is 4.88 Å². The summed E-state index contributed by atoms with van der Waals surface area (Å²) in [5, 5.41) is 13.5. The molecule has 0 saturated heterocycles. The molecule has 1 heterocycles. The Balaban J connectivity index is 1.86. The molecule has 0 radical (unpaired) electrons. The third-order valence-corrected chi connectivity index (χ3v) is 5.21. The summed E-state index contributed by atoms with van der Waals surface area (Å²) in [6, 6.07) is 16.8. The lowest BCUT2D eigenvalue weighted by atomic mass is 10.1. The summed E-state index contributed by atoms with van der Waals surface area (Å²) in [4.78, 5) is 35.8. The Kier molecular flexibility index (Phi) is 6.04. The van der Waals surface area contributed by atoms with Crippen molar-refractivity contribution in [2.75, 3.05) is 5.32 Å². The molecule has 3 rings (SSSR count). The molecule has 1 aromatic heterocycles. The average molecular weight is 410 g/mol. The first kappa shape index (κ1) is 20.2. The summed E-state index contributed by atoms with van der Waals surface area (Å²) in [7, 11) is 0. The van der Waals surface area contributed by atoms with Gasteiger partial charge in [-0.2, -0.15) is 0 Å². The number of ether oxygens (including phenoxy) is 1. The molecule has 0 aliphatic carbocycles. The summed E-state index contributed by atoms with van der Waals surface area (Å²) in [5.41, 5.74) is 2.97. The van der Waals surface area contributed by atoms with Crippen LogP contribution in [0.5, 0.6) is 0 Å². The maximum Gasteiger partial charge on any atom is 0.349 e. The van der Waals surface area contributed by atoms with Crippen LogP contribution in [0.3, 0.4) is 0 Å². The van der Waals surface area contributed by atoms with E-state index in [9.17, 15) is 19.7 Å². The Labute approximate surface area is 171 Å². The first-order valence-corrected chi connectivity index (χ1v) is 9.55. The van der Waals surface area contributed by atoms with E-state index in [1.165, 1.54) is 12.1 Å². The standard InChI is InChI=1S/C21H18N2O5S/c1-13-8-9-14(2)16(12-13)22-20(24)19(15-6-4-3-5-7-15)28-21(25)17-10-11-18(29-17)23(26)27/h3-12,19H,1-2H3,(H,22,24)/t19-/m0/s1. The number of hydrogen-bond donors (Lipinski definition) is 1. The van der Waals surface area contributed by atoms with Crippen molar-refractivity contribution >= 4 is 33.9 Å². The van der Waals surface area contributed by atoms with E-state index in [0.29, 0.717) is 22.6 Å². The normalized spacial score (nSPS) is 11.5. The molecule has 1 N–H and O–H groups in total. The molecular formula is C21H18N2O5S. The number of benzene rings is 2. The molecule has 1 amide bonds. The number of carbonyl (C=O) groups excluding carboxylic acids is 2. The van der Waals surface area contributed by atoms with Crippen molar-refractivity contribution in [3.63, 3.8) is 0 Å². The van der Waals surface area contributed by atoms with Gasteiger partial charge in [0.15, 0.2) is 0 Å². The lowest BCUT2D eigenvalue weighted by molar-refractivity contribution is -0.380. The quantitative estimate of drug-likeness (QED) is 0.357. The van der Waals surface area contributed by atoms with Crippen molar-refractivity contribution in [1.82, 2.24) is 0 Å². The second kappa shape index (κ2) is 8.66. The van der Waals surface area contributed by atoms with Gasteiger partial charge in [0.05, 0.1) is 4.92 Å². The minimum atomic E-state index is -1.20. The second-order valence-electron chi connectivity index (χ2n) is 6.40. The fraction of sp³-hybridized carbons (Fsp3) is 0.143. The molecule has 0 fully saturated rings. The largest absolute Gasteiger partial charge is 0.443 e. The molecule has 0 spiro atoms. The number of anilines is 1. The zero-order valence-electron chi connectivity index (χ0n) is 15.7. The average Bonchev–Trinajstić information content (AvgIpc) is 3.20. The van der Waals surface area contributed by atoms with Crippen molar-refractivity contribution in [2.45, 2.75) is 20.0 Å². The van der Waals surface area contributed by atoms with E-state index in [4.69, 9.17) is 4.74 Å². The molecule has 0 aliphatic rings. The first-order chi connectivity index (χ1) is 13.8. The maximum absolute atomic E-state index is 13.0. The van der Waals surface area contributed by atoms with Crippen molar-refractivity contribution in [3.05, 3.63) is 92.3 Å². The number of esters is 1. The fourth-order valence-corrected chi connectivity index (χ4v) is 3.37. The maximum atomic E-state index is 13.0. The van der Waals surface area contributed by atoms with Gasteiger partial charge in [0.2, 0.25) is 6.10 Å². The van der Waals surface area contributed by atoms with Crippen LogP contribution in [0.25, 0.3) is 0 Å². The van der Waals surface area contributed by atoms with Crippen LogP contribution in [0.2, 0.25) is 0 Å². The summed E-state index contributed by atoms with van der Waals surface area (Å²) >= 11 is 0.701.